The van der Waals surface area contributed by atoms with Gasteiger partial charge >= 0.3 is 0 Å². The summed E-state index contributed by atoms with van der Waals surface area (Å²) in [4.78, 5) is 11.7. The van der Waals surface area contributed by atoms with Gasteiger partial charge in [0.15, 0.2) is 0 Å². The smallest absolute Gasteiger partial charge is 0.258 e. The van der Waals surface area contributed by atoms with Crippen LogP contribution in [0.15, 0.2) is 35.2 Å². The molecule has 0 amide bonds. The lowest BCUT2D eigenvalue weighted by Gasteiger charge is -2.07. The Hall–Kier alpha value is -1.48. The van der Waals surface area contributed by atoms with Crippen molar-refractivity contribution in [2.24, 2.45) is 0 Å². The van der Waals surface area contributed by atoms with Crippen molar-refractivity contribution in [3.63, 3.8) is 0 Å². The number of nitro groups is 1. The highest BCUT2D eigenvalue weighted by atomic mass is 35.5. The Balaban J connectivity index is 2.26. The highest BCUT2D eigenvalue weighted by molar-refractivity contribution is 7.89. The van der Waals surface area contributed by atoms with E-state index in [0.717, 1.165) is 21.9 Å². The summed E-state index contributed by atoms with van der Waals surface area (Å²) in [5.41, 5.74) is -0.327. The molecule has 0 aliphatic carbocycles. The summed E-state index contributed by atoms with van der Waals surface area (Å²) in [6.07, 6.45) is 0. The highest BCUT2D eigenvalue weighted by Crippen LogP contribution is 2.26. The Morgan fingerprint density at radius 2 is 2.05 bits per heavy atom. The number of rotatable bonds is 5. The molecule has 1 heterocycles. The third kappa shape index (κ3) is 3.79. The van der Waals surface area contributed by atoms with Crippen LogP contribution in [0.3, 0.4) is 0 Å². The SMILES string of the molecule is Cc1ccc(CNS(=O)(=O)c2cc([N+](=O)[O-])ccc2Cl)s1. The monoisotopic (exact) mass is 346 g/mol. The van der Waals surface area contributed by atoms with Crippen LogP contribution in [-0.2, 0) is 16.6 Å². The zero-order valence-corrected chi connectivity index (χ0v) is 13.3. The van der Waals surface area contributed by atoms with E-state index in [-0.39, 0.29) is 22.2 Å². The summed E-state index contributed by atoms with van der Waals surface area (Å²) in [7, 11) is -3.92. The molecule has 0 spiro atoms. The number of aryl methyl sites for hydroxylation is 1. The third-order valence-corrected chi connectivity index (χ3v) is 5.53. The van der Waals surface area contributed by atoms with Crippen LogP contribution >= 0.6 is 22.9 Å². The number of benzene rings is 1. The molecule has 0 radical (unpaired) electrons. The molecule has 0 atom stereocenters. The average Bonchev–Trinajstić information content (AvgIpc) is 2.82. The lowest BCUT2D eigenvalue weighted by Crippen LogP contribution is -2.23. The van der Waals surface area contributed by atoms with Crippen molar-refractivity contribution in [3.05, 3.63) is 55.2 Å². The largest absolute Gasteiger partial charge is 0.270 e. The molecule has 0 saturated carbocycles. The molecule has 0 aliphatic heterocycles. The molecule has 1 N–H and O–H groups in total. The molecule has 6 nitrogen and oxygen atoms in total. The minimum absolute atomic E-state index is 0.0598. The average molecular weight is 347 g/mol. The van der Waals surface area contributed by atoms with Crippen molar-refractivity contribution in [1.29, 1.82) is 0 Å². The van der Waals surface area contributed by atoms with E-state index in [0.29, 0.717) is 0 Å². The zero-order valence-electron chi connectivity index (χ0n) is 10.9. The third-order valence-electron chi connectivity index (χ3n) is 2.65. The molecule has 0 saturated heterocycles. The highest BCUT2D eigenvalue weighted by Gasteiger charge is 2.21. The van der Waals surface area contributed by atoms with Gasteiger partial charge in [-0.15, -0.1) is 11.3 Å². The van der Waals surface area contributed by atoms with Crippen LogP contribution in [0.1, 0.15) is 9.75 Å². The number of thiophene rings is 1. The van der Waals surface area contributed by atoms with Crippen LogP contribution in [0.5, 0.6) is 0 Å². The summed E-state index contributed by atoms with van der Waals surface area (Å²) in [6.45, 7) is 2.03. The van der Waals surface area contributed by atoms with Gasteiger partial charge in [0, 0.05) is 28.4 Å². The van der Waals surface area contributed by atoms with Crippen LogP contribution in [0.25, 0.3) is 0 Å². The van der Waals surface area contributed by atoms with Gasteiger partial charge in [-0.1, -0.05) is 11.6 Å². The van der Waals surface area contributed by atoms with E-state index in [1.54, 1.807) is 0 Å². The maximum atomic E-state index is 12.2. The second kappa shape index (κ2) is 6.10. The zero-order chi connectivity index (χ0) is 15.6. The van der Waals surface area contributed by atoms with Crippen molar-refractivity contribution >= 4 is 38.6 Å². The number of sulfonamides is 1. The first-order valence-corrected chi connectivity index (χ1v) is 8.46. The molecule has 1 aromatic heterocycles. The molecule has 1 aromatic carbocycles. The molecule has 2 rings (SSSR count). The van der Waals surface area contributed by atoms with E-state index in [1.165, 1.54) is 17.4 Å². The number of hydrogen-bond donors (Lipinski definition) is 1. The first-order chi connectivity index (χ1) is 9.79. The molecule has 9 heteroatoms. The molecule has 21 heavy (non-hydrogen) atoms. The number of non-ortho nitro benzene ring substituents is 1. The lowest BCUT2D eigenvalue weighted by atomic mass is 10.3. The number of nitro benzene ring substituents is 1. The summed E-state index contributed by atoms with van der Waals surface area (Å²) in [6, 6.07) is 7.00. The van der Waals surface area contributed by atoms with Gasteiger partial charge in [-0.25, -0.2) is 13.1 Å². The second-order valence-corrected chi connectivity index (χ2v) is 7.72. The molecule has 0 fully saturated rings. The molecular weight excluding hydrogens is 336 g/mol. The van der Waals surface area contributed by atoms with Crippen molar-refractivity contribution in [2.75, 3.05) is 0 Å². The Kier molecular flexibility index (Phi) is 4.62. The maximum Gasteiger partial charge on any atom is 0.270 e. The van der Waals surface area contributed by atoms with Crippen LogP contribution in [-0.4, -0.2) is 13.3 Å². The lowest BCUT2D eigenvalue weighted by molar-refractivity contribution is -0.385. The van der Waals surface area contributed by atoms with E-state index in [9.17, 15) is 18.5 Å². The van der Waals surface area contributed by atoms with Gasteiger partial charge in [-0.2, -0.15) is 0 Å². The number of halogens is 1. The van der Waals surface area contributed by atoms with Gasteiger partial charge < -0.3 is 0 Å². The molecule has 0 bridgehead atoms. The fraction of sp³-hybridized carbons (Fsp3) is 0.167. The predicted octanol–water partition coefficient (Wildman–Crippen LogP) is 3.10. The van der Waals surface area contributed by atoms with E-state index in [4.69, 9.17) is 11.6 Å². The summed E-state index contributed by atoms with van der Waals surface area (Å²) < 4.78 is 26.8. The van der Waals surface area contributed by atoms with Gasteiger partial charge in [0.1, 0.15) is 4.90 Å². The van der Waals surface area contributed by atoms with Gasteiger partial charge in [0.2, 0.25) is 10.0 Å². The van der Waals surface area contributed by atoms with Gasteiger partial charge in [0.25, 0.3) is 5.69 Å². The Labute approximate surface area is 130 Å². The first kappa shape index (κ1) is 15.9. The van der Waals surface area contributed by atoms with E-state index >= 15 is 0 Å². The van der Waals surface area contributed by atoms with Crippen molar-refractivity contribution in [2.45, 2.75) is 18.4 Å². The maximum absolute atomic E-state index is 12.2. The van der Waals surface area contributed by atoms with E-state index < -0.39 is 14.9 Å². The Morgan fingerprint density at radius 3 is 2.62 bits per heavy atom. The molecule has 112 valence electrons. The van der Waals surface area contributed by atoms with Gasteiger partial charge in [0.05, 0.1) is 9.95 Å². The van der Waals surface area contributed by atoms with Crippen LogP contribution in [0.2, 0.25) is 5.02 Å². The van der Waals surface area contributed by atoms with Crippen molar-refractivity contribution in [3.8, 4) is 0 Å². The van der Waals surface area contributed by atoms with Crippen LogP contribution in [0.4, 0.5) is 5.69 Å². The molecule has 0 aliphatic rings. The number of hydrogen-bond acceptors (Lipinski definition) is 5. The molecule has 0 unspecified atom stereocenters. The van der Waals surface area contributed by atoms with Crippen molar-refractivity contribution < 1.29 is 13.3 Å². The van der Waals surface area contributed by atoms with Crippen LogP contribution < -0.4 is 4.72 Å². The fourth-order valence-corrected chi connectivity index (χ4v) is 4.08. The minimum atomic E-state index is -3.92. The van der Waals surface area contributed by atoms with E-state index in [1.807, 2.05) is 19.1 Å². The van der Waals surface area contributed by atoms with E-state index in [2.05, 4.69) is 4.72 Å². The standard InChI is InChI=1S/C12H11ClN2O4S2/c1-8-2-4-10(20-8)7-14-21(18,19)12-6-9(15(16)17)3-5-11(12)13/h2-6,14H,7H2,1H3. The normalized spacial score (nSPS) is 11.5. The summed E-state index contributed by atoms with van der Waals surface area (Å²) in [5, 5.41) is 10.7. The van der Waals surface area contributed by atoms with Gasteiger partial charge in [-0.3, -0.25) is 10.1 Å². The quantitative estimate of drug-likeness (QED) is 0.665. The second-order valence-electron chi connectivity index (χ2n) is 4.21. The molecule has 2 aromatic rings. The minimum Gasteiger partial charge on any atom is -0.258 e. The fourth-order valence-electron chi connectivity index (χ4n) is 1.64. The van der Waals surface area contributed by atoms with Crippen LogP contribution in [0, 0.1) is 17.0 Å². The first-order valence-electron chi connectivity index (χ1n) is 5.78. The number of nitrogens with zero attached hydrogens (tertiary/aromatic N) is 1. The molecular formula is C12H11ClN2O4S2. The number of nitrogens with one attached hydrogen (secondary N) is 1. The Morgan fingerprint density at radius 1 is 1.33 bits per heavy atom. The van der Waals surface area contributed by atoms with Gasteiger partial charge in [-0.05, 0) is 25.1 Å². The summed E-state index contributed by atoms with van der Waals surface area (Å²) >= 11 is 7.30. The Bertz CT molecular complexity index is 786. The van der Waals surface area contributed by atoms with Crippen molar-refractivity contribution in [1.82, 2.24) is 4.72 Å². The topological polar surface area (TPSA) is 89.3 Å². The predicted molar refractivity (Wildman–Crippen MR) is 81.2 cm³/mol. The summed E-state index contributed by atoms with van der Waals surface area (Å²) in [5.74, 6) is 0.